The Kier molecular flexibility index (Phi) is 6.20. The number of nitrogens with one attached hydrogen (secondary N) is 2. The molecular formula is C18H25N3O2S. The number of rotatable bonds is 8. The van der Waals surface area contributed by atoms with Gasteiger partial charge in [0.05, 0.1) is 17.6 Å². The average molecular weight is 347 g/mol. The molecule has 0 saturated carbocycles. The SMILES string of the molecule is CCCCS(=O)(=O)Nc1ccc(Nc2ccc(C(C)C)cc2)cn1. The zero-order valence-electron chi connectivity index (χ0n) is 14.4. The summed E-state index contributed by atoms with van der Waals surface area (Å²) in [5.41, 5.74) is 3.07. The second-order valence-electron chi connectivity index (χ2n) is 6.11. The molecule has 1 heterocycles. The fourth-order valence-corrected chi connectivity index (χ4v) is 3.40. The molecule has 2 aromatic rings. The maximum absolute atomic E-state index is 11.9. The summed E-state index contributed by atoms with van der Waals surface area (Å²) in [5, 5.41) is 3.25. The molecule has 6 heteroatoms. The molecule has 1 aromatic carbocycles. The van der Waals surface area contributed by atoms with Gasteiger partial charge in [0, 0.05) is 5.69 Å². The van der Waals surface area contributed by atoms with Gasteiger partial charge in [-0.25, -0.2) is 13.4 Å². The third-order valence-corrected chi connectivity index (χ3v) is 5.00. The van der Waals surface area contributed by atoms with Crippen LogP contribution in [-0.2, 0) is 10.0 Å². The summed E-state index contributed by atoms with van der Waals surface area (Å²) < 4.78 is 26.2. The topological polar surface area (TPSA) is 71.1 Å². The fraction of sp³-hybridized carbons (Fsp3) is 0.389. The highest BCUT2D eigenvalue weighted by Crippen LogP contribution is 2.21. The molecule has 0 saturated heterocycles. The standard InChI is InChI=1S/C18H25N3O2S/c1-4-5-12-24(22,23)21-18-11-10-17(13-19-18)20-16-8-6-15(7-9-16)14(2)3/h6-11,13-14,20H,4-5,12H2,1-3H3,(H,19,21). The van der Waals surface area contributed by atoms with Gasteiger partial charge in [0.15, 0.2) is 0 Å². The van der Waals surface area contributed by atoms with Gasteiger partial charge in [0.2, 0.25) is 10.0 Å². The van der Waals surface area contributed by atoms with E-state index in [0.29, 0.717) is 18.2 Å². The summed E-state index contributed by atoms with van der Waals surface area (Å²) in [4.78, 5) is 4.16. The largest absolute Gasteiger partial charge is 0.354 e. The third kappa shape index (κ3) is 5.53. The molecule has 0 amide bonds. The van der Waals surface area contributed by atoms with Crippen molar-refractivity contribution in [1.82, 2.24) is 4.98 Å². The first-order valence-electron chi connectivity index (χ1n) is 8.23. The van der Waals surface area contributed by atoms with E-state index in [2.05, 4.69) is 41.0 Å². The van der Waals surface area contributed by atoms with Gasteiger partial charge in [0.1, 0.15) is 5.82 Å². The van der Waals surface area contributed by atoms with Crippen LogP contribution < -0.4 is 10.0 Å². The van der Waals surface area contributed by atoms with Crippen molar-refractivity contribution in [3.63, 3.8) is 0 Å². The molecule has 24 heavy (non-hydrogen) atoms. The molecular weight excluding hydrogens is 322 g/mol. The van der Waals surface area contributed by atoms with Gasteiger partial charge >= 0.3 is 0 Å². The van der Waals surface area contributed by atoms with E-state index in [1.54, 1.807) is 18.3 Å². The predicted molar refractivity (Wildman–Crippen MR) is 100 cm³/mol. The van der Waals surface area contributed by atoms with Gasteiger partial charge in [-0.05, 0) is 42.2 Å². The second-order valence-corrected chi connectivity index (χ2v) is 7.95. The minimum Gasteiger partial charge on any atom is -0.354 e. The maximum Gasteiger partial charge on any atom is 0.233 e. The van der Waals surface area contributed by atoms with Crippen LogP contribution in [0.4, 0.5) is 17.2 Å². The highest BCUT2D eigenvalue weighted by atomic mass is 32.2. The van der Waals surface area contributed by atoms with Crippen molar-refractivity contribution in [2.75, 3.05) is 15.8 Å². The minimum absolute atomic E-state index is 0.118. The van der Waals surface area contributed by atoms with Crippen molar-refractivity contribution in [3.05, 3.63) is 48.2 Å². The lowest BCUT2D eigenvalue weighted by Gasteiger charge is -2.10. The molecule has 5 nitrogen and oxygen atoms in total. The molecule has 0 fully saturated rings. The van der Waals surface area contributed by atoms with Crippen LogP contribution in [0.25, 0.3) is 0 Å². The van der Waals surface area contributed by atoms with Crippen molar-refractivity contribution in [2.45, 2.75) is 39.5 Å². The molecule has 0 aliphatic carbocycles. The van der Waals surface area contributed by atoms with E-state index in [0.717, 1.165) is 17.8 Å². The number of benzene rings is 1. The Hall–Kier alpha value is -2.08. The van der Waals surface area contributed by atoms with Gasteiger partial charge in [-0.1, -0.05) is 39.3 Å². The van der Waals surface area contributed by atoms with Gasteiger partial charge in [-0.15, -0.1) is 0 Å². The van der Waals surface area contributed by atoms with Crippen molar-refractivity contribution in [2.24, 2.45) is 0 Å². The normalized spacial score (nSPS) is 11.5. The molecule has 0 aliphatic heterocycles. The van der Waals surface area contributed by atoms with E-state index < -0.39 is 10.0 Å². The van der Waals surface area contributed by atoms with Crippen LogP contribution in [-0.4, -0.2) is 19.2 Å². The maximum atomic E-state index is 11.9. The Bertz CT molecular complexity index is 739. The third-order valence-electron chi connectivity index (χ3n) is 3.66. The molecule has 0 radical (unpaired) electrons. The van der Waals surface area contributed by atoms with Crippen LogP contribution in [0.5, 0.6) is 0 Å². The van der Waals surface area contributed by atoms with E-state index in [-0.39, 0.29) is 5.75 Å². The van der Waals surface area contributed by atoms with Crippen molar-refractivity contribution in [3.8, 4) is 0 Å². The number of sulfonamides is 1. The number of unbranched alkanes of at least 4 members (excludes halogenated alkanes) is 1. The minimum atomic E-state index is -3.31. The van der Waals surface area contributed by atoms with Gasteiger partial charge < -0.3 is 5.32 Å². The summed E-state index contributed by atoms with van der Waals surface area (Å²) in [7, 11) is -3.31. The molecule has 2 N–H and O–H groups in total. The molecule has 1 aromatic heterocycles. The van der Waals surface area contributed by atoms with Crippen molar-refractivity contribution in [1.29, 1.82) is 0 Å². The smallest absolute Gasteiger partial charge is 0.233 e. The molecule has 0 spiro atoms. The predicted octanol–water partition coefficient (Wildman–Crippen LogP) is 4.49. The summed E-state index contributed by atoms with van der Waals surface area (Å²) >= 11 is 0. The zero-order chi connectivity index (χ0) is 17.6. The molecule has 0 aliphatic rings. The number of pyridine rings is 1. The summed E-state index contributed by atoms with van der Waals surface area (Å²) in [5.74, 6) is 0.959. The van der Waals surface area contributed by atoms with Crippen LogP contribution in [0.2, 0.25) is 0 Å². The van der Waals surface area contributed by atoms with Crippen molar-refractivity contribution >= 4 is 27.2 Å². The Morgan fingerprint density at radius 1 is 1.04 bits per heavy atom. The lowest BCUT2D eigenvalue weighted by molar-refractivity contribution is 0.597. The average Bonchev–Trinajstić information content (AvgIpc) is 2.55. The fourth-order valence-electron chi connectivity index (χ4n) is 2.19. The van der Waals surface area contributed by atoms with Crippen LogP contribution in [0, 0.1) is 0 Å². The Balaban J connectivity index is 1.99. The van der Waals surface area contributed by atoms with Crippen LogP contribution >= 0.6 is 0 Å². The van der Waals surface area contributed by atoms with Gasteiger partial charge in [-0.2, -0.15) is 0 Å². The van der Waals surface area contributed by atoms with Crippen LogP contribution in [0.15, 0.2) is 42.6 Å². The van der Waals surface area contributed by atoms with E-state index in [1.165, 1.54) is 5.56 Å². The highest BCUT2D eigenvalue weighted by molar-refractivity contribution is 7.92. The first-order chi connectivity index (χ1) is 11.4. The van der Waals surface area contributed by atoms with Crippen LogP contribution in [0.3, 0.4) is 0 Å². The van der Waals surface area contributed by atoms with E-state index in [4.69, 9.17) is 0 Å². The molecule has 130 valence electrons. The lowest BCUT2D eigenvalue weighted by atomic mass is 10.0. The van der Waals surface area contributed by atoms with E-state index >= 15 is 0 Å². The summed E-state index contributed by atoms with van der Waals surface area (Å²) in [6, 6.07) is 11.7. The van der Waals surface area contributed by atoms with Crippen molar-refractivity contribution < 1.29 is 8.42 Å². The molecule has 0 unspecified atom stereocenters. The number of hydrogen-bond acceptors (Lipinski definition) is 4. The Morgan fingerprint density at radius 3 is 2.25 bits per heavy atom. The second kappa shape index (κ2) is 8.15. The Labute approximate surface area is 144 Å². The number of hydrogen-bond donors (Lipinski definition) is 2. The number of aromatic nitrogens is 1. The highest BCUT2D eigenvalue weighted by Gasteiger charge is 2.10. The number of nitrogens with zero attached hydrogens (tertiary/aromatic N) is 1. The quantitative estimate of drug-likeness (QED) is 0.738. The lowest BCUT2D eigenvalue weighted by Crippen LogP contribution is -2.17. The van der Waals surface area contributed by atoms with E-state index in [1.807, 2.05) is 19.1 Å². The summed E-state index contributed by atoms with van der Waals surface area (Å²) in [6.45, 7) is 6.28. The number of anilines is 3. The van der Waals surface area contributed by atoms with E-state index in [9.17, 15) is 8.42 Å². The molecule has 0 atom stereocenters. The molecule has 2 rings (SSSR count). The van der Waals surface area contributed by atoms with Gasteiger partial charge in [-0.3, -0.25) is 4.72 Å². The Morgan fingerprint density at radius 2 is 1.71 bits per heavy atom. The first-order valence-corrected chi connectivity index (χ1v) is 9.88. The monoisotopic (exact) mass is 347 g/mol. The molecule has 0 bridgehead atoms. The first kappa shape index (κ1) is 18.3. The summed E-state index contributed by atoms with van der Waals surface area (Å²) in [6.07, 6.45) is 3.10. The van der Waals surface area contributed by atoms with Gasteiger partial charge in [0.25, 0.3) is 0 Å². The zero-order valence-corrected chi connectivity index (χ0v) is 15.2. The van der Waals surface area contributed by atoms with Crippen LogP contribution in [0.1, 0.15) is 45.1 Å².